The van der Waals surface area contributed by atoms with Crippen molar-refractivity contribution in [2.75, 3.05) is 13.2 Å². The molecule has 0 bridgehead atoms. The SMILES string of the molecule is CCCCCNC(=O)C(c1cccc(O)c1)N(C(=O)C(CO)NC(=O)OC(C)(C)C)C(C)C. The van der Waals surface area contributed by atoms with Crippen molar-refractivity contribution in [3.05, 3.63) is 29.8 Å². The minimum atomic E-state index is -1.31. The molecule has 0 aliphatic heterocycles. The van der Waals surface area contributed by atoms with Gasteiger partial charge in [-0.1, -0.05) is 31.9 Å². The highest BCUT2D eigenvalue weighted by Gasteiger charge is 2.37. The van der Waals surface area contributed by atoms with E-state index in [9.17, 15) is 24.6 Å². The third kappa shape index (κ3) is 9.29. The second-order valence-corrected chi connectivity index (χ2v) is 9.22. The van der Waals surface area contributed by atoms with Crippen LogP contribution in [0, 0.1) is 0 Å². The molecule has 33 heavy (non-hydrogen) atoms. The number of hydrogen-bond acceptors (Lipinski definition) is 6. The van der Waals surface area contributed by atoms with Gasteiger partial charge in [0.2, 0.25) is 11.8 Å². The summed E-state index contributed by atoms with van der Waals surface area (Å²) in [6, 6.07) is 3.30. The van der Waals surface area contributed by atoms with Crippen LogP contribution in [-0.2, 0) is 14.3 Å². The smallest absolute Gasteiger partial charge is 0.408 e. The summed E-state index contributed by atoms with van der Waals surface area (Å²) in [7, 11) is 0. The fourth-order valence-electron chi connectivity index (χ4n) is 3.31. The van der Waals surface area contributed by atoms with Crippen LogP contribution in [0.3, 0.4) is 0 Å². The number of aliphatic hydroxyl groups is 1. The molecule has 9 heteroatoms. The predicted octanol–water partition coefficient (Wildman–Crippen LogP) is 2.86. The standard InChI is InChI=1S/C24H39N3O6/c1-7-8-9-13-25-21(30)20(17-11-10-12-18(29)14-17)27(16(2)3)22(31)19(15-28)26-23(32)33-24(4,5)6/h10-12,14,16,19-20,28-29H,7-9,13,15H2,1-6H3,(H,25,30)(H,26,32). The van der Waals surface area contributed by atoms with E-state index < -0.39 is 48.2 Å². The molecule has 2 unspecified atom stereocenters. The molecule has 1 rings (SSSR count). The molecule has 4 N–H and O–H groups in total. The van der Waals surface area contributed by atoms with Gasteiger partial charge in [0.25, 0.3) is 0 Å². The molecule has 0 aliphatic rings. The van der Waals surface area contributed by atoms with Crippen LogP contribution in [0.25, 0.3) is 0 Å². The normalized spacial score (nSPS) is 13.2. The first kappa shape index (κ1) is 28.2. The first-order chi connectivity index (χ1) is 15.4. The second-order valence-electron chi connectivity index (χ2n) is 9.22. The molecule has 3 amide bonds. The van der Waals surface area contributed by atoms with Crippen molar-refractivity contribution >= 4 is 17.9 Å². The number of aliphatic hydroxyl groups excluding tert-OH is 1. The van der Waals surface area contributed by atoms with Crippen molar-refractivity contribution in [2.24, 2.45) is 0 Å². The predicted molar refractivity (Wildman–Crippen MR) is 126 cm³/mol. The van der Waals surface area contributed by atoms with Gasteiger partial charge in [-0.05, 0) is 58.7 Å². The quantitative estimate of drug-likeness (QED) is 0.372. The zero-order valence-electron chi connectivity index (χ0n) is 20.6. The third-order valence-electron chi connectivity index (χ3n) is 4.77. The summed E-state index contributed by atoms with van der Waals surface area (Å²) in [5.41, 5.74) is -0.369. The second kappa shape index (κ2) is 13.0. The van der Waals surface area contributed by atoms with E-state index in [2.05, 4.69) is 17.6 Å². The van der Waals surface area contributed by atoms with E-state index in [1.807, 2.05) is 0 Å². The molecule has 0 fully saturated rings. The first-order valence-electron chi connectivity index (χ1n) is 11.4. The Kier molecular flexibility index (Phi) is 11.1. The molecule has 0 saturated heterocycles. The van der Waals surface area contributed by atoms with E-state index in [0.717, 1.165) is 19.3 Å². The Bertz CT molecular complexity index is 791. The molecule has 186 valence electrons. The van der Waals surface area contributed by atoms with Crippen molar-refractivity contribution in [2.45, 2.75) is 84.5 Å². The molecule has 0 saturated carbocycles. The van der Waals surface area contributed by atoms with Crippen LogP contribution >= 0.6 is 0 Å². The molecule has 1 aromatic carbocycles. The van der Waals surface area contributed by atoms with Crippen molar-refractivity contribution in [3.8, 4) is 5.75 Å². The Morgan fingerprint density at radius 3 is 2.33 bits per heavy atom. The number of hydrogen-bond donors (Lipinski definition) is 4. The van der Waals surface area contributed by atoms with Gasteiger partial charge >= 0.3 is 6.09 Å². The average Bonchev–Trinajstić information content (AvgIpc) is 2.71. The summed E-state index contributed by atoms with van der Waals surface area (Å²) in [6.07, 6.45) is 1.90. The van der Waals surface area contributed by atoms with Crippen LogP contribution in [0.15, 0.2) is 24.3 Å². The molecule has 9 nitrogen and oxygen atoms in total. The minimum absolute atomic E-state index is 0.0435. The topological polar surface area (TPSA) is 128 Å². The van der Waals surface area contributed by atoms with Gasteiger partial charge in [-0.2, -0.15) is 0 Å². The molecule has 0 spiro atoms. The Labute approximate surface area is 196 Å². The molecule has 0 aromatic heterocycles. The number of nitrogens with zero attached hydrogens (tertiary/aromatic N) is 1. The maximum absolute atomic E-state index is 13.5. The van der Waals surface area contributed by atoms with Crippen molar-refractivity contribution < 1.29 is 29.3 Å². The lowest BCUT2D eigenvalue weighted by Crippen LogP contribution is -2.56. The number of nitrogens with one attached hydrogen (secondary N) is 2. The van der Waals surface area contributed by atoms with Crippen LogP contribution in [0.1, 0.15) is 72.4 Å². The molecule has 2 atom stereocenters. The van der Waals surface area contributed by atoms with Gasteiger partial charge in [-0.3, -0.25) is 9.59 Å². The van der Waals surface area contributed by atoms with E-state index in [0.29, 0.717) is 12.1 Å². The number of benzene rings is 1. The number of unbranched alkanes of at least 4 members (excludes halogenated alkanes) is 2. The number of carbonyl (C=O) groups excluding carboxylic acids is 3. The zero-order chi connectivity index (χ0) is 25.2. The molecular formula is C24H39N3O6. The van der Waals surface area contributed by atoms with Gasteiger partial charge in [0, 0.05) is 12.6 Å². The highest BCUT2D eigenvalue weighted by molar-refractivity contribution is 5.92. The Morgan fingerprint density at radius 1 is 1.15 bits per heavy atom. The van der Waals surface area contributed by atoms with Gasteiger partial charge in [0.1, 0.15) is 23.4 Å². The molecule has 1 aromatic rings. The number of ether oxygens (including phenoxy) is 1. The van der Waals surface area contributed by atoms with Crippen molar-refractivity contribution in [1.29, 1.82) is 0 Å². The third-order valence-corrected chi connectivity index (χ3v) is 4.77. The summed E-state index contributed by atoms with van der Waals surface area (Å²) in [5.74, 6) is -1.10. The van der Waals surface area contributed by atoms with E-state index in [1.54, 1.807) is 46.8 Å². The number of phenolic OH excluding ortho intramolecular Hbond substituents is 1. The summed E-state index contributed by atoms with van der Waals surface area (Å²) in [4.78, 5) is 40.2. The molecule has 0 radical (unpaired) electrons. The Morgan fingerprint density at radius 2 is 1.82 bits per heavy atom. The van der Waals surface area contributed by atoms with Gasteiger partial charge in [0.05, 0.1) is 6.61 Å². The Balaban J connectivity index is 3.26. The summed E-state index contributed by atoms with van der Waals surface area (Å²) in [5, 5.41) is 25.1. The highest BCUT2D eigenvalue weighted by atomic mass is 16.6. The summed E-state index contributed by atoms with van der Waals surface area (Å²) >= 11 is 0. The van der Waals surface area contributed by atoms with E-state index in [-0.39, 0.29) is 5.75 Å². The van der Waals surface area contributed by atoms with Gasteiger partial charge < -0.3 is 30.5 Å². The van der Waals surface area contributed by atoms with Crippen LogP contribution in [0.5, 0.6) is 5.75 Å². The van der Waals surface area contributed by atoms with Crippen LogP contribution in [0.4, 0.5) is 4.79 Å². The van der Waals surface area contributed by atoms with Crippen molar-refractivity contribution in [3.63, 3.8) is 0 Å². The van der Waals surface area contributed by atoms with Gasteiger partial charge in [-0.15, -0.1) is 0 Å². The fraction of sp³-hybridized carbons (Fsp3) is 0.625. The lowest BCUT2D eigenvalue weighted by molar-refractivity contribution is -0.145. The number of alkyl carbamates (subject to hydrolysis) is 1. The van der Waals surface area contributed by atoms with E-state index in [4.69, 9.17) is 4.74 Å². The summed E-state index contributed by atoms with van der Waals surface area (Å²) < 4.78 is 5.20. The average molecular weight is 466 g/mol. The van der Waals surface area contributed by atoms with Gasteiger partial charge in [-0.25, -0.2) is 4.79 Å². The maximum atomic E-state index is 13.5. The maximum Gasteiger partial charge on any atom is 0.408 e. The van der Waals surface area contributed by atoms with E-state index in [1.165, 1.54) is 17.0 Å². The van der Waals surface area contributed by atoms with Crippen LogP contribution in [-0.4, -0.2) is 63.9 Å². The first-order valence-corrected chi connectivity index (χ1v) is 11.4. The number of amides is 3. The number of aromatic hydroxyl groups is 1. The highest BCUT2D eigenvalue weighted by Crippen LogP contribution is 2.27. The molecule has 0 heterocycles. The largest absolute Gasteiger partial charge is 0.508 e. The molecule has 0 aliphatic carbocycles. The lowest BCUT2D eigenvalue weighted by Gasteiger charge is -2.36. The Hall–Kier alpha value is -2.81. The van der Waals surface area contributed by atoms with Crippen molar-refractivity contribution in [1.82, 2.24) is 15.5 Å². The monoisotopic (exact) mass is 465 g/mol. The van der Waals surface area contributed by atoms with Gasteiger partial charge in [0.15, 0.2) is 0 Å². The van der Waals surface area contributed by atoms with Crippen LogP contribution < -0.4 is 10.6 Å². The summed E-state index contributed by atoms with van der Waals surface area (Å²) in [6.45, 7) is 10.4. The number of rotatable bonds is 11. The zero-order valence-corrected chi connectivity index (χ0v) is 20.6. The number of carbonyl (C=O) groups is 3. The van der Waals surface area contributed by atoms with E-state index >= 15 is 0 Å². The fourth-order valence-corrected chi connectivity index (χ4v) is 3.31. The molecular weight excluding hydrogens is 426 g/mol. The lowest BCUT2D eigenvalue weighted by atomic mass is 10.0. The van der Waals surface area contributed by atoms with Crippen LogP contribution in [0.2, 0.25) is 0 Å². The number of phenols is 1. The minimum Gasteiger partial charge on any atom is -0.508 e.